The highest BCUT2D eigenvalue weighted by Crippen LogP contribution is 2.15. The maximum absolute atomic E-state index is 12.1. The first-order chi connectivity index (χ1) is 11.3. The van der Waals surface area contributed by atoms with Crippen LogP contribution in [0.3, 0.4) is 0 Å². The van der Waals surface area contributed by atoms with E-state index < -0.39 is 11.4 Å². The van der Waals surface area contributed by atoms with Gasteiger partial charge in [-0.1, -0.05) is 6.92 Å². The maximum Gasteiger partial charge on any atom is 0.310 e. The number of aliphatic carboxylic acids is 1. The molecule has 0 radical (unpaired) electrons. The number of ether oxygens (including phenoxy) is 1. The summed E-state index contributed by atoms with van der Waals surface area (Å²) in [5.74, 6) is -0.739. The minimum atomic E-state index is -1.03. The van der Waals surface area contributed by atoms with Gasteiger partial charge in [0.1, 0.15) is 5.75 Å². The molecule has 0 aliphatic rings. The van der Waals surface area contributed by atoms with Crippen molar-refractivity contribution < 1.29 is 24.2 Å². The zero-order chi connectivity index (χ0) is 18.2. The van der Waals surface area contributed by atoms with Gasteiger partial charge in [-0.3, -0.25) is 14.4 Å². The average Bonchev–Trinajstić information content (AvgIpc) is 2.56. The zero-order valence-corrected chi connectivity index (χ0v) is 14.4. The molecule has 24 heavy (non-hydrogen) atoms. The van der Waals surface area contributed by atoms with Crippen LogP contribution in [-0.2, 0) is 9.59 Å². The molecule has 0 saturated carbocycles. The van der Waals surface area contributed by atoms with Crippen molar-refractivity contribution in [3.05, 3.63) is 29.8 Å². The van der Waals surface area contributed by atoms with E-state index in [1.54, 1.807) is 24.3 Å². The molecule has 6 nitrogen and oxygen atoms in total. The average molecular weight is 335 g/mol. The number of carboxylic acids is 1. The fourth-order valence-electron chi connectivity index (χ4n) is 1.81. The van der Waals surface area contributed by atoms with Gasteiger partial charge in [-0.05, 0) is 44.5 Å². The lowest BCUT2D eigenvalue weighted by Gasteiger charge is -2.19. The molecule has 0 heterocycles. The highest BCUT2D eigenvalue weighted by atomic mass is 16.5. The van der Waals surface area contributed by atoms with Crippen molar-refractivity contribution in [1.82, 2.24) is 5.32 Å². The molecule has 2 N–H and O–H groups in total. The molecule has 0 atom stereocenters. The van der Waals surface area contributed by atoms with E-state index in [9.17, 15) is 14.4 Å². The van der Waals surface area contributed by atoms with Crippen LogP contribution in [0.1, 0.15) is 50.4 Å². The van der Waals surface area contributed by atoms with E-state index in [0.717, 1.165) is 6.42 Å². The Morgan fingerprint density at radius 1 is 1.12 bits per heavy atom. The number of hydrogen-bond donors (Lipinski definition) is 2. The molecule has 132 valence electrons. The van der Waals surface area contributed by atoms with Crippen molar-refractivity contribution in [2.24, 2.45) is 5.41 Å². The Morgan fingerprint density at radius 2 is 1.75 bits per heavy atom. The summed E-state index contributed by atoms with van der Waals surface area (Å²) < 4.78 is 5.45. The van der Waals surface area contributed by atoms with Crippen molar-refractivity contribution in [2.45, 2.75) is 40.0 Å². The van der Waals surface area contributed by atoms with Crippen LogP contribution < -0.4 is 10.1 Å². The Balaban J connectivity index is 2.42. The third-order valence-electron chi connectivity index (χ3n) is 3.53. The third kappa shape index (κ3) is 6.40. The first-order valence-electron chi connectivity index (χ1n) is 8.02. The van der Waals surface area contributed by atoms with Gasteiger partial charge < -0.3 is 15.2 Å². The number of hydrogen-bond acceptors (Lipinski definition) is 4. The Kier molecular flexibility index (Phi) is 7.42. The van der Waals surface area contributed by atoms with E-state index >= 15 is 0 Å². The van der Waals surface area contributed by atoms with Crippen LogP contribution in [0.25, 0.3) is 0 Å². The molecule has 1 amide bonds. The summed E-state index contributed by atoms with van der Waals surface area (Å²) in [6, 6.07) is 6.83. The lowest BCUT2D eigenvalue weighted by molar-refractivity contribution is -0.146. The van der Waals surface area contributed by atoms with Crippen LogP contribution in [0.5, 0.6) is 5.75 Å². The summed E-state index contributed by atoms with van der Waals surface area (Å²) in [7, 11) is 0. The molecule has 1 rings (SSSR count). The number of amides is 1. The summed E-state index contributed by atoms with van der Waals surface area (Å²) in [5, 5.41) is 11.5. The smallest absolute Gasteiger partial charge is 0.310 e. The van der Waals surface area contributed by atoms with Gasteiger partial charge in [0, 0.05) is 24.9 Å². The Labute approximate surface area is 142 Å². The quantitative estimate of drug-likeness (QED) is 0.641. The van der Waals surface area contributed by atoms with E-state index in [4.69, 9.17) is 9.84 Å². The fraction of sp³-hybridized carbons (Fsp3) is 0.500. The summed E-state index contributed by atoms with van der Waals surface area (Å²) >= 11 is 0. The van der Waals surface area contributed by atoms with E-state index in [0.29, 0.717) is 17.9 Å². The number of ketones is 1. The predicted molar refractivity (Wildman–Crippen MR) is 90.2 cm³/mol. The van der Waals surface area contributed by atoms with Crippen LogP contribution >= 0.6 is 0 Å². The van der Waals surface area contributed by atoms with Crippen molar-refractivity contribution in [3.8, 4) is 5.75 Å². The zero-order valence-electron chi connectivity index (χ0n) is 14.4. The van der Waals surface area contributed by atoms with Crippen LogP contribution in [0, 0.1) is 5.41 Å². The minimum Gasteiger partial charge on any atom is -0.494 e. The molecule has 1 aromatic rings. The molecule has 0 fully saturated rings. The monoisotopic (exact) mass is 335 g/mol. The number of benzene rings is 1. The van der Waals surface area contributed by atoms with Crippen LogP contribution in [0.2, 0.25) is 0 Å². The van der Waals surface area contributed by atoms with E-state index in [1.165, 1.54) is 13.8 Å². The molecule has 6 heteroatoms. The first kappa shape index (κ1) is 19.7. The Morgan fingerprint density at radius 3 is 2.29 bits per heavy atom. The molecule has 0 saturated heterocycles. The highest BCUT2D eigenvalue weighted by molar-refractivity contribution is 5.98. The van der Waals surface area contributed by atoms with Crippen LogP contribution in [0.4, 0.5) is 0 Å². The van der Waals surface area contributed by atoms with E-state index in [1.807, 2.05) is 6.92 Å². The molecule has 0 aromatic heterocycles. The topological polar surface area (TPSA) is 92.7 Å². The van der Waals surface area contributed by atoms with Gasteiger partial charge in [-0.15, -0.1) is 0 Å². The van der Waals surface area contributed by atoms with Crippen molar-refractivity contribution >= 4 is 17.7 Å². The van der Waals surface area contributed by atoms with Crippen molar-refractivity contribution in [1.29, 1.82) is 0 Å². The van der Waals surface area contributed by atoms with Crippen LogP contribution in [-0.4, -0.2) is 35.9 Å². The van der Waals surface area contributed by atoms with E-state index in [2.05, 4.69) is 5.32 Å². The van der Waals surface area contributed by atoms with Gasteiger partial charge in [-0.2, -0.15) is 0 Å². The maximum atomic E-state index is 12.1. The molecule has 0 unspecified atom stereocenters. The highest BCUT2D eigenvalue weighted by Gasteiger charge is 2.27. The number of rotatable bonds is 10. The second kappa shape index (κ2) is 9.05. The standard InChI is InChI=1S/C18H25NO5/c1-4-11-24-14-7-5-13(6-8-14)15(20)9-10-16(21)19-12-18(2,3)17(22)23/h5-8H,4,9-12H2,1-3H3,(H,19,21)(H,22,23). The lowest BCUT2D eigenvalue weighted by atomic mass is 9.94. The molecular weight excluding hydrogens is 310 g/mol. The largest absolute Gasteiger partial charge is 0.494 e. The van der Waals surface area contributed by atoms with Gasteiger partial charge in [0.15, 0.2) is 5.78 Å². The number of carbonyl (C=O) groups excluding carboxylic acids is 2. The first-order valence-corrected chi connectivity index (χ1v) is 8.02. The summed E-state index contributed by atoms with van der Waals surface area (Å²) in [5.41, 5.74) is -0.508. The molecule has 0 bridgehead atoms. The Hall–Kier alpha value is -2.37. The van der Waals surface area contributed by atoms with Crippen molar-refractivity contribution in [3.63, 3.8) is 0 Å². The number of nitrogens with one attached hydrogen (secondary N) is 1. The minimum absolute atomic E-state index is 0.0266. The van der Waals surface area contributed by atoms with Gasteiger partial charge in [0.05, 0.1) is 12.0 Å². The fourth-order valence-corrected chi connectivity index (χ4v) is 1.81. The third-order valence-corrected chi connectivity index (χ3v) is 3.53. The van der Waals surface area contributed by atoms with Gasteiger partial charge in [-0.25, -0.2) is 0 Å². The summed E-state index contributed by atoms with van der Waals surface area (Å²) in [4.78, 5) is 34.8. The molecule has 1 aromatic carbocycles. The number of Topliss-reactive ketones (excluding diaryl/α,β-unsaturated/α-hetero) is 1. The lowest BCUT2D eigenvalue weighted by Crippen LogP contribution is -2.38. The number of carbonyl (C=O) groups is 3. The van der Waals surface area contributed by atoms with Gasteiger partial charge in [0.2, 0.25) is 5.91 Å². The SMILES string of the molecule is CCCOc1ccc(C(=O)CCC(=O)NCC(C)(C)C(=O)O)cc1. The van der Waals surface area contributed by atoms with Crippen LogP contribution in [0.15, 0.2) is 24.3 Å². The molecular formula is C18H25NO5. The summed E-state index contributed by atoms with van der Waals surface area (Å²) in [6.45, 7) is 5.73. The van der Waals surface area contributed by atoms with E-state index in [-0.39, 0.29) is 31.1 Å². The van der Waals surface area contributed by atoms with Crippen molar-refractivity contribution in [2.75, 3.05) is 13.2 Å². The summed E-state index contributed by atoms with van der Waals surface area (Å²) in [6.07, 6.45) is 1.02. The molecule has 0 spiro atoms. The molecule has 0 aliphatic carbocycles. The second-order valence-corrected chi connectivity index (χ2v) is 6.26. The molecule has 0 aliphatic heterocycles. The van der Waals surface area contributed by atoms with Gasteiger partial charge in [0.25, 0.3) is 0 Å². The normalized spacial score (nSPS) is 11.0. The number of carboxylic acid groups (broad SMARTS) is 1. The Bertz CT molecular complexity index is 578. The predicted octanol–water partition coefficient (Wildman–Crippen LogP) is 2.67. The van der Waals surface area contributed by atoms with Gasteiger partial charge >= 0.3 is 5.97 Å². The second-order valence-electron chi connectivity index (χ2n) is 6.26.